The van der Waals surface area contributed by atoms with Crippen molar-refractivity contribution >= 4 is 59.0 Å². The van der Waals surface area contributed by atoms with Crippen LogP contribution in [0.15, 0.2) is 95.5 Å². The van der Waals surface area contributed by atoms with Crippen LogP contribution in [-0.4, -0.2) is 5.91 Å². The van der Waals surface area contributed by atoms with Gasteiger partial charge in [-0.1, -0.05) is 70.5 Å². The van der Waals surface area contributed by atoms with Crippen LogP contribution in [0.25, 0.3) is 31.3 Å². The molecule has 4 aromatic carbocycles. The fraction of sp³-hybridized carbons (Fsp3) is 0. The van der Waals surface area contributed by atoms with Gasteiger partial charge in [-0.2, -0.15) is 0 Å². The van der Waals surface area contributed by atoms with E-state index in [2.05, 4.69) is 69.8 Å². The lowest BCUT2D eigenvalue weighted by atomic mass is 9.98. The maximum atomic E-state index is 12.8. The van der Waals surface area contributed by atoms with Gasteiger partial charge >= 0.3 is 0 Å². The second-order valence-corrected chi connectivity index (χ2v) is 8.79. The van der Waals surface area contributed by atoms with Crippen molar-refractivity contribution in [1.82, 2.24) is 0 Å². The SMILES string of the molecule is O=C(Nc1ccccc1-c1cccc2sc3ccccc3c12)c1cccc(Br)c1. The van der Waals surface area contributed by atoms with Gasteiger partial charge in [0.1, 0.15) is 0 Å². The summed E-state index contributed by atoms with van der Waals surface area (Å²) in [5, 5.41) is 5.58. The molecule has 5 rings (SSSR count). The van der Waals surface area contributed by atoms with E-state index in [4.69, 9.17) is 0 Å². The first-order chi connectivity index (χ1) is 14.2. The van der Waals surface area contributed by atoms with E-state index < -0.39 is 0 Å². The van der Waals surface area contributed by atoms with Crippen molar-refractivity contribution in [3.63, 3.8) is 0 Å². The van der Waals surface area contributed by atoms with Crippen molar-refractivity contribution in [3.05, 3.63) is 101 Å². The standard InChI is InChI=1S/C25H16BrNOS/c26-17-8-5-7-16(15-17)25(28)27-21-12-3-1-9-18(21)19-11-6-14-23-24(19)20-10-2-4-13-22(20)29-23/h1-15H,(H,27,28). The fourth-order valence-corrected chi connectivity index (χ4v) is 5.18. The number of hydrogen-bond donors (Lipinski definition) is 1. The molecular weight excluding hydrogens is 442 g/mol. The van der Waals surface area contributed by atoms with Gasteiger partial charge in [0.05, 0.1) is 0 Å². The van der Waals surface area contributed by atoms with Gasteiger partial charge in [-0.15, -0.1) is 11.3 Å². The Hall–Kier alpha value is -2.95. The Morgan fingerprint density at radius 2 is 1.48 bits per heavy atom. The third kappa shape index (κ3) is 3.35. The van der Waals surface area contributed by atoms with Crippen LogP contribution in [0.1, 0.15) is 10.4 Å². The van der Waals surface area contributed by atoms with Crippen LogP contribution in [0, 0.1) is 0 Å². The molecule has 4 heteroatoms. The Morgan fingerprint density at radius 1 is 0.759 bits per heavy atom. The summed E-state index contributed by atoms with van der Waals surface area (Å²) in [7, 11) is 0. The number of hydrogen-bond acceptors (Lipinski definition) is 2. The molecule has 0 radical (unpaired) electrons. The Labute approximate surface area is 180 Å². The van der Waals surface area contributed by atoms with Crippen LogP contribution >= 0.6 is 27.3 Å². The summed E-state index contributed by atoms with van der Waals surface area (Å²) in [6.07, 6.45) is 0. The Bertz CT molecular complexity index is 1370. The summed E-state index contributed by atoms with van der Waals surface area (Å²) in [5.41, 5.74) is 3.57. The van der Waals surface area contributed by atoms with E-state index in [1.807, 2.05) is 42.5 Å². The van der Waals surface area contributed by atoms with Gasteiger partial charge < -0.3 is 5.32 Å². The lowest BCUT2D eigenvalue weighted by Gasteiger charge is -2.13. The zero-order valence-electron chi connectivity index (χ0n) is 15.4. The molecule has 5 aromatic rings. The van der Waals surface area contributed by atoms with Gasteiger partial charge in [-0.05, 0) is 42.0 Å². The van der Waals surface area contributed by atoms with E-state index in [0.29, 0.717) is 5.56 Å². The molecule has 0 saturated heterocycles. The second-order valence-electron chi connectivity index (χ2n) is 6.79. The van der Waals surface area contributed by atoms with Crippen molar-refractivity contribution in [1.29, 1.82) is 0 Å². The van der Waals surface area contributed by atoms with E-state index in [-0.39, 0.29) is 5.91 Å². The normalized spacial score (nSPS) is 11.1. The lowest BCUT2D eigenvalue weighted by Crippen LogP contribution is -2.12. The van der Waals surface area contributed by atoms with Crippen LogP contribution in [0.5, 0.6) is 0 Å². The number of thiophene rings is 1. The van der Waals surface area contributed by atoms with Crippen LogP contribution in [-0.2, 0) is 0 Å². The monoisotopic (exact) mass is 457 g/mol. The summed E-state index contributed by atoms with van der Waals surface area (Å²) < 4.78 is 3.40. The summed E-state index contributed by atoms with van der Waals surface area (Å²) in [5.74, 6) is -0.124. The summed E-state index contributed by atoms with van der Waals surface area (Å²) >= 11 is 5.23. The topological polar surface area (TPSA) is 29.1 Å². The number of amides is 1. The number of halogens is 1. The molecule has 0 aliphatic heterocycles. The third-order valence-electron chi connectivity index (χ3n) is 4.95. The van der Waals surface area contributed by atoms with E-state index in [9.17, 15) is 4.79 Å². The number of para-hydroxylation sites is 1. The molecule has 0 atom stereocenters. The molecule has 0 aliphatic rings. The molecule has 1 aromatic heterocycles. The number of fused-ring (bicyclic) bond motifs is 3. The minimum atomic E-state index is -0.124. The number of anilines is 1. The van der Waals surface area contributed by atoms with Gasteiger partial charge in [0.15, 0.2) is 0 Å². The summed E-state index contributed by atoms with van der Waals surface area (Å²) in [4.78, 5) is 12.8. The summed E-state index contributed by atoms with van der Waals surface area (Å²) in [6, 6.07) is 30.2. The molecule has 2 nitrogen and oxygen atoms in total. The van der Waals surface area contributed by atoms with Crippen molar-refractivity contribution in [3.8, 4) is 11.1 Å². The molecule has 0 spiro atoms. The minimum absolute atomic E-state index is 0.124. The molecular formula is C25H16BrNOS. The molecule has 0 aliphatic carbocycles. The molecule has 29 heavy (non-hydrogen) atoms. The summed E-state index contributed by atoms with van der Waals surface area (Å²) in [6.45, 7) is 0. The Balaban J connectivity index is 1.64. The molecule has 0 bridgehead atoms. The van der Waals surface area contributed by atoms with Crippen molar-refractivity contribution in [2.75, 3.05) is 5.32 Å². The molecule has 1 heterocycles. The van der Waals surface area contributed by atoms with Crippen LogP contribution in [0.4, 0.5) is 5.69 Å². The van der Waals surface area contributed by atoms with Gasteiger partial charge in [-0.25, -0.2) is 0 Å². The predicted octanol–water partition coefficient (Wildman–Crippen LogP) is 7.74. The zero-order chi connectivity index (χ0) is 19.8. The number of nitrogens with one attached hydrogen (secondary N) is 1. The largest absolute Gasteiger partial charge is 0.321 e. The molecule has 140 valence electrons. The number of carbonyl (C=O) groups is 1. The van der Waals surface area contributed by atoms with Crippen LogP contribution in [0.3, 0.4) is 0 Å². The highest BCUT2D eigenvalue weighted by molar-refractivity contribution is 9.10. The van der Waals surface area contributed by atoms with Crippen LogP contribution < -0.4 is 5.32 Å². The van der Waals surface area contributed by atoms with Gasteiger partial charge in [0, 0.05) is 41.5 Å². The third-order valence-corrected chi connectivity index (χ3v) is 6.58. The van der Waals surface area contributed by atoms with E-state index in [1.165, 1.54) is 20.2 Å². The molecule has 1 amide bonds. The van der Waals surface area contributed by atoms with E-state index in [0.717, 1.165) is 21.3 Å². The first kappa shape index (κ1) is 18.1. The van der Waals surface area contributed by atoms with E-state index in [1.54, 1.807) is 11.3 Å². The first-order valence-electron chi connectivity index (χ1n) is 9.27. The molecule has 1 N–H and O–H groups in total. The highest BCUT2D eigenvalue weighted by Crippen LogP contribution is 2.41. The first-order valence-corrected chi connectivity index (χ1v) is 10.9. The average molecular weight is 458 g/mol. The highest BCUT2D eigenvalue weighted by atomic mass is 79.9. The van der Waals surface area contributed by atoms with Crippen molar-refractivity contribution < 1.29 is 4.79 Å². The molecule has 0 unspecified atom stereocenters. The molecule has 0 saturated carbocycles. The highest BCUT2D eigenvalue weighted by Gasteiger charge is 2.15. The maximum absolute atomic E-state index is 12.8. The fourth-order valence-electron chi connectivity index (χ4n) is 3.65. The maximum Gasteiger partial charge on any atom is 0.255 e. The number of benzene rings is 4. The van der Waals surface area contributed by atoms with Gasteiger partial charge in [0.25, 0.3) is 5.91 Å². The second kappa shape index (κ2) is 7.47. The smallest absolute Gasteiger partial charge is 0.255 e. The minimum Gasteiger partial charge on any atom is -0.321 e. The average Bonchev–Trinajstić information content (AvgIpc) is 3.13. The predicted molar refractivity (Wildman–Crippen MR) is 127 cm³/mol. The zero-order valence-corrected chi connectivity index (χ0v) is 17.8. The lowest BCUT2D eigenvalue weighted by molar-refractivity contribution is 0.102. The number of carbonyl (C=O) groups excluding carboxylic acids is 1. The van der Waals surface area contributed by atoms with Crippen molar-refractivity contribution in [2.24, 2.45) is 0 Å². The number of rotatable bonds is 3. The van der Waals surface area contributed by atoms with Crippen LogP contribution in [0.2, 0.25) is 0 Å². The Morgan fingerprint density at radius 3 is 2.38 bits per heavy atom. The van der Waals surface area contributed by atoms with Crippen molar-refractivity contribution in [2.45, 2.75) is 0 Å². The van der Waals surface area contributed by atoms with Gasteiger partial charge in [-0.3, -0.25) is 4.79 Å². The van der Waals surface area contributed by atoms with E-state index >= 15 is 0 Å². The Kier molecular flexibility index (Phi) is 4.66. The quantitative estimate of drug-likeness (QED) is 0.294. The molecule has 0 fully saturated rings. The van der Waals surface area contributed by atoms with Gasteiger partial charge in [0.2, 0.25) is 0 Å².